The van der Waals surface area contributed by atoms with Crippen LogP contribution in [-0.4, -0.2) is 15.9 Å². The van der Waals surface area contributed by atoms with Gasteiger partial charge in [0.15, 0.2) is 5.82 Å². The van der Waals surface area contributed by atoms with Crippen molar-refractivity contribution in [3.8, 4) is 10.4 Å². The molecule has 3 aromatic rings. The number of aromatic carboxylic acids is 1. The molecule has 3 rings (SSSR count). The molecule has 5 nitrogen and oxygen atoms in total. The molecule has 0 saturated carbocycles. The van der Waals surface area contributed by atoms with Crippen molar-refractivity contribution in [1.29, 1.82) is 0 Å². The molecule has 0 aliphatic heterocycles. The second-order valence-electron chi connectivity index (χ2n) is 3.90. The van der Waals surface area contributed by atoms with E-state index in [9.17, 15) is 14.7 Å². The van der Waals surface area contributed by atoms with Crippen molar-refractivity contribution < 1.29 is 39.5 Å². The molecule has 0 fully saturated rings. The van der Waals surface area contributed by atoms with Gasteiger partial charge in [0.05, 0.1) is 5.39 Å². The van der Waals surface area contributed by atoms with E-state index in [1.54, 1.807) is 6.07 Å². The van der Waals surface area contributed by atoms with Gasteiger partial charge in [-0.3, -0.25) is 4.79 Å². The van der Waals surface area contributed by atoms with E-state index in [2.05, 4.69) is 9.97 Å². The molecule has 1 N–H and O–H groups in total. The Labute approximate surface area is 139 Å². The van der Waals surface area contributed by atoms with Gasteiger partial charge in [0.25, 0.3) is 5.56 Å². The molecule has 0 spiro atoms. The zero-order valence-electron chi connectivity index (χ0n) is 10.5. The maximum atomic E-state index is 11.8. The van der Waals surface area contributed by atoms with Gasteiger partial charge < -0.3 is 14.9 Å². The first kappa shape index (κ1) is 14.9. The van der Waals surface area contributed by atoms with Crippen molar-refractivity contribution in [1.82, 2.24) is 9.97 Å². The van der Waals surface area contributed by atoms with Gasteiger partial charge in [0.1, 0.15) is 10.8 Å². The topological polar surface area (TPSA) is 85.9 Å². The Bertz CT molecular complexity index is 826. The fourth-order valence-corrected chi connectivity index (χ4v) is 2.81. The molecule has 0 amide bonds. The second kappa shape index (κ2) is 5.88. The van der Waals surface area contributed by atoms with Gasteiger partial charge in [-0.25, -0.2) is 4.98 Å². The first-order valence-corrected chi connectivity index (χ1v) is 6.27. The minimum absolute atomic E-state index is 0. The number of nitrogens with one attached hydrogen (secondary N) is 1. The number of aromatic amines is 1. The van der Waals surface area contributed by atoms with Gasteiger partial charge in [-0.2, -0.15) is 0 Å². The Morgan fingerprint density at radius 3 is 2.60 bits per heavy atom. The smallest absolute Gasteiger partial charge is 0.542 e. The van der Waals surface area contributed by atoms with Gasteiger partial charge >= 0.3 is 29.6 Å². The van der Waals surface area contributed by atoms with Crippen molar-refractivity contribution in [3.05, 3.63) is 52.6 Å². The molecule has 94 valence electrons. The predicted molar refractivity (Wildman–Crippen MR) is 70.0 cm³/mol. The van der Waals surface area contributed by atoms with Gasteiger partial charge in [-0.05, 0) is 11.6 Å². The van der Waals surface area contributed by atoms with E-state index >= 15 is 0 Å². The quantitative estimate of drug-likeness (QED) is 0.555. The average Bonchev–Trinajstić information content (AvgIpc) is 2.84. The summed E-state index contributed by atoms with van der Waals surface area (Å²) >= 11 is 1.27. The van der Waals surface area contributed by atoms with Gasteiger partial charge in [0.2, 0.25) is 0 Å². The van der Waals surface area contributed by atoms with E-state index in [0.717, 1.165) is 10.4 Å². The third kappa shape index (κ3) is 2.69. The minimum atomic E-state index is -1.49. The Hall–Kier alpha value is -1.47. The number of benzene rings is 1. The summed E-state index contributed by atoms with van der Waals surface area (Å²) in [6.07, 6.45) is 0. The van der Waals surface area contributed by atoms with Gasteiger partial charge in [-0.15, -0.1) is 11.3 Å². The predicted octanol–water partition coefficient (Wildman–Crippen LogP) is -1.98. The average molecular weight is 294 g/mol. The number of carboxylic acids is 1. The number of carbonyl (C=O) groups is 1. The molecule has 0 aliphatic rings. The van der Waals surface area contributed by atoms with Crippen molar-refractivity contribution in [2.75, 3.05) is 0 Å². The summed E-state index contributed by atoms with van der Waals surface area (Å²) in [6, 6.07) is 11.2. The molecule has 0 aliphatic carbocycles. The number of hydrogen-bond acceptors (Lipinski definition) is 5. The first-order chi connectivity index (χ1) is 9.15. The number of fused-ring (bicyclic) bond motifs is 1. The van der Waals surface area contributed by atoms with Crippen LogP contribution < -0.4 is 40.2 Å². The largest absolute Gasteiger partial charge is 1.00 e. The van der Waals surface area contributed by atoms with Crippen LogP contribution in [0.1, 0.15) is 10.6 Å². The third-order valence-electron chi connectivity index (χ3n) is 2.65. The molecular weight excluding hydrogens is 287 g/mol. The van der Waals surface area contributed by atoms with Crippen LogP contribution >= 0.6 is 11.3 Å². The number of H-pyrrole nitrogens is 1. The summed E-state index contributed by atoms with van der Waals surface area (Å²) in [4.78, 5) is 29.8. The van der Waals surface area contributed by atoms with Crippen LogP contribution in [0.3, 0.4) is 0 Å². The van der Waals surface area contributed by atoms with Gasteiger partial charge in [0, 0.05) is 4.88 Å². The Balaban J connectivity index is 0.00000147. The van der Waals surface area contributed by atoms with Crippen LogP contribution in [0, 0.1) is 0 Å². The molecular formula is C13H7N2NaO3S. The van der Waals surface area contributed by atoms with Crippen molar-refractivity contribution in [3.63, 3.8) is 0 Å². The van der Waals surface area contributed by atoms with Gasteiger partial charge in [-0.1, -0.05) is 30.3 Å². The van der Waals surface area contributed by atoms with Crippen LogP contribution in [0.2, 0.25) is 0 Å². The SMILES string of the molecule is O=C([O-])c1nc2sc(-c3ccccc3)cc2c(=O)[nH]1.[Na+]. The van der Waals surface area contributed by atoms with E-state index < -0.39 is 17.4 Å². The summed E-state index contributed by atoms with van der Waals surface area (Å²) in [5.41, 5.74) is 0.488. The molecule has 20 heavy (non-hydrogen) atoms. The number of nitrogens with zero attached hydrogens (tertiary/aromatic N) is 1. The summed E-state index contributed by atoms with van der Waals surface area (Å²) in [6.45, 7) is 0. The Morgan fingerprint density at radius 2 is 1.95 bits per heavy atom. The molecule has 2 aromatic heterocycles. The number of hydrogen-bond donors (Lipinski definition) is 1. The summed E-state index contributed by atoms with van der Waals surface area (Å²) in [7, 11) is 0. The molecule has 1 aromatic carbocycles. The summed E-state index contributed by atoms with van der Waals surface area (Å²) < 4.78 is 0. The van der Waals surface area contributed by atoms with Crippen LogP contribution in [0.15, 0.2) is 41.2 Å². The van der Waals surface area contributed by atoms with E-state index in [-0.39, 0.29) is 29.6 Å². The standard InChI is InChI=1S/C13H8N2O3S.Na/c16-11-8-6-9(7-4-2-1-3-5-7)19-12(8)15-10(14-11)13(17)18;/h1-6H,(H,17,18)(H,14,15,16);/q;+1/p-1. The minimum Gasteiger partial charge on any atom is -0.542 e. The maximum Gasteiger partial charge on any atom is 1.00 e. The third-order valence-corrected chi connectivity index (χ3v) is 3.73. The molecule has 0 radical (unpaired) electrons. The van der Waals surface area contributed by atoms with Crippen molar-refractivity contribution in [2.24, 2.45) is 0 Å². The summed E-state index contributed by atoms with van der Waals surface area (Å²) in [5.74, 6) is -1.94. The van der Waals surface area contributed by atoms with Crippen molar-refractivity contribution >= 4 is 27.5 Å². The fourth-order valence-electron chi connectivity index (χ4n) is 1.77. The van der Waals surface area contributed by atoms with Crippen LogP contribution in [0.4, 0.5) is 0 Å². The fraction of sp³-hybridized carbons (Fsp3) is 0. The summed E-state index contributed by atoms with van der Waals surface area (Å²) in [5, 5.41) is 11.1. The van der Waals surface area contributed by atoms with Crippen LogP contribution in [0.25, 0.3) is 20.7 Å². The Morgan fingerprint density at radius 1 is 1.25 bits per heavy atom. The molecule has 0 bridgehead atoms. The van der Waals surface area contributed by atoms with E-state index in [4.69, 9.17) is 0 Å². The molecule has 0 saturated heterocycles. The molecule has 7 heteroatoms. The van der Waals surface area contributed by atoms with Crippen LogP contribution in [-0.2, 0) is 0 Å². The number of aromatic nitrogens is 2. The van der Waals surface area contributed by atoms with E-state index in [1.807, 2.05) is 30.3 Å². The second-order valence-corrected chi connectivity index (χ2v) is 4.93. The zero-order valence-corrected chi connectivity index (χ0v) is 13.4. The monoisotopic (exact) mass is 294 g/mol. The molecule has 0 unspecified atom stereocenters. The first-order valence-electron chi connectivity index (χ1n) is 5.46. The number of thiophene rings is 1. The van der Waals surface area contributed by atoms with Crippen molar-refractivity contribution in [2.45, 2.75) is 0 Å². The van der Waals surface area contributed by atoms with E-state index in [0.29, 0.717) is 10.2 Å². The molecule has 2 heterocycles. The Kier molecular flexibility index (Phi) is 4.39. The number of carboxylic acid groups (broad SMARTS) is 1. The van der Waals surface area contributed by atoms with E-state index in [1.165, 1.54) is 11.3 Å². The van der Waals surface area contributed by atoms with Crippen LogP contribution in [0.5, 0.6) is 0 Å². The molecule has 0 atom stereocenters. The maximum absolute atomic E-state index is 11.8. The zero-order chi connectivity index (χ0) is 13.4. The normalized spacial score (nSPS) is 10.2. The number of carbonyl (C=O) groups excluding carboxylic acids is 1. The number of rotatable bonds is 2.